The Kier molecular flexibility index (Phi) is 4.55. The van der Waals surface area contributed by atoms with Crippen LogP contribution in [0.15, 0.2) is 18.2 Å². The summed E-state index contributed by atoms with van der Waals surface area (Å²) in [6.07, 6.45) is 5.31. The first-order chi connectivity index (χ1) is 11.1. The second-order valence-electron chi connectivity index (χ2n) is 6.04. The van der Waals surface area contributed by atoms with E-state index in [1.807, 2.05) is 0 Å². The molecule has 0 bridgehead atoms. The van der Waals surface area contributed by atoms with E-state index in [2.05, 4.69) is 20.7 Å². The number of carbonyl (C=O) groups excluding carboxylic acids is 1. The second kappa shape index (κ2) is 6.76. The van der Waals surface area contributed by atoms with Gasteiger partial charge in [0.1, 0.15) is 11.0 Å². The molecule has 2 atom stereocenters. The number of hydrogen-bond acceptors (Lipinski definition) is 4. The van der Waals surface area contributed by atoms with Crippen molar-refractivity contribution in [2.45, 2.75) is 44.6 Å². The summed E-state index contributed by atoms with van der Waals surface area (Å²) in [4.78, 5) is 24.0. The first-order valence-electron chi connectivity index (χ1n) is 7.99. The van der Waals surface area contributed by atoms with Crippen molar-refractivity contribution in [2.75, 3.05) is 0 Å². The number of carboxylic acids is 1. The third-order valence-corrected chi connectivity index (χ3v) is 4.48. The zero-order chi connectivity index (χ0) is 16.2. The van der Waals surface area contributed by atoms with Crippen LogP contribution in [0, 0.1) is 5.92 Å². The number of rotatable bonds is 3. The van der Waals surface area contributed by atoms with Crippen molar-refractivity contribution in [3.05, 3.63) is 23.8 Å². The van der Waals surface area contributed by atoms with E-state index < -0.39 is 11.9 Å². The van der Waals surface area contributed by atoms with Crippen molar-refractivity contribution < 1.29 is 14.7 Å². The van der Waals surface area contributed by atoms with Crippen LogP contribution in [0.25, 0.3) is 11.0 Å². The number of amides is 1. The number of H-pyrrole nitrogens is 1. The van der Waals surface area contributed by atoms with E-state index in [9.17, 15) is 14.7 Å². The van der Waals surface area contributed by atoms with Crippen LogP contribution in [-0.2, 0) is 4.79 Å². The fourth-order valence-corrected chi connectivity index (χ4v) is 3.19. The molecule has 0 radical (unpaired) electrons. The third-order valence-electron chi connectivity index (χ3n) is 4.48. The summed E-state index contributed by atoms with van der Waals surface area (Å²) in [5.41, 5.74) is 1.78. The zero-order valence-corrected chi connectivity index (χ0v) is 12.8. The maximum atomic E-state index is 12.5. The number of nitrogens with one attached hydrogen (secondary N) is 2. The highest BCUT2D eigenvalue weighted by atomic mass is 16.4. The highest BCUT2D eigenvalue weighted by molar-refractivity contribution is 5.97. The summed E-state index contributed by atoms with van der Waals surface area (Å²) in [6, 6.07) is 4.74. The quantitative estimate of drug-likeness (QED) is 0.803. The summed E-state index contributed by atoms with van der Waals surface area (Å²) in [6.45, 7) is 0. The molecule has 1 aliphatic rings. The molecule has 3 rings (SSSR count). The standard InChI is InChI=1S/C16H20N4O3/c21-15(10-7-8-13-14(9-10)19-20-18-13)17-12-6-4-2-1-3-5-11(12)16(22)23/h7-9,11-12H,1-6H2,(H,17,21)(H,22,23)(H,18,19,20). The molecule has 1 aromatic carbocycles. The van der Waals surface area contributed by atoms with Crippen LogP contribution in [-0.4, -0.2) is 38.4 Å². The Labute approximate surface area is 133 Å². The van der Waals surface area contributed by atoms with Gasteiger partial charge in [0.2, 0.25) is 0 Å². The molecule has 1 aliphatic carbocycles. The van der Waals surface area contributed by atoms with Crippen LogP contribution in [0.2, 0.25) is 0 Å². The van der Waals surface area contributed by atoms with Crippen molar-refractivity contribution in [1.29, 1.82) is 0 Å². The van der Waals surface area contributed by atoms with Gasteiger partial charge in [-0.3, -0.25) is 9.59 Å². The van der Waals surface area contributed by atoms with E-state index in [1.54, 1.807) is 18.2 Å². The Balaban J connectivity index is 1.76. The predicted octanol–water partition coefficient (Wildman–Crippen LogP) is 2.11. The highest BCUT2D eigenvalue weighted by Gasteiger charge is 2.30. The number of nitrogens with zero attached hydrogens (tertiary/aromatic N) is 2. The van der Waals surface area contributed by atoms with Gasteiger partial charge >= 0.3 is 5.97 Å². The van der Waals surface area contributed by atoms with E-state index >= 15 is 0 Å². The molecule has 1 aromatic heterocycles. The molecule has 3 N–H and O–H groups in total. The number of aromatic nitrogens is 3. The molecule has 0 saturated heterocycles. The van der Waals surface area contributed by atoms with Crippen LogP contribution in [0.1, 0.15) is 48.9 Å². The monoisotopic (exact) mass is 316 g/mol. The predicted molar refractivity (Wildman–Crippen MR) is 84.0 cm³/mol. The van der Waals surface area contributed by atoms with Gasteiger partial charge in [0.05, 0.1) is 5.92 Å². The Bertz CT molecular complexity index is 712. The van der Waals surface area contributed by atoms with Crippen LogP contribution < -0.4 is 5.32 Å². The average Bonchev–Trinajstić information content (AvgIpc) is 2.97. The summed E-state index contributed by atoms with van der Waals surface area (Å²) >= 11 is 0. The Morgan fingerprint density at radius 3 is 2.61 bits per heavy atom. The normalized spacial score (nSPS) is 22.3. The number of carbonyl (C=O) groups is 2. The van der Waals surface area contributed by atoms with Gasteiger partial charge in [-0.05, 0) is 31.0 Å². The molecular weight excluding hydrogens is 296 g/mol. The number of benzene rings is 1. The largest absolute Gasteiger partial charge is 0.481 e. The second-order valence-corrected chi connectivity index (χ2v) is 6.04. The number of carboxylic acid groups (broad SMARTS) is 1. The van der Waals surface area contributed by atoms with E-state index in [4.69, 9.17) is 0 Å². The van der Waals surface area contributed by atoms with Crippen molar-refractivity contribution in [3.63, 3.8) is 0 Å². The number of aromatic amines is 1. The highest BCUT2D eigenvalue weighted by Crippen LogP contribution is 2.23. The van der Waals surface area contributed by atoms with Gasteiger partial charge < -0.3 is 10.4 Å². The number of fused-ring (bicyclic) bond motifs is 1. The molecular formula is C16H20N4O3. The van der Waals surface area contributed by atoms with Crippen molar-refractivity contribution in [1.82, 2.24) is 20.7 Å². The van der Waals surface area contributed by atoms with Gasteiger partial charge in [-0.2, -0.15) is 15.4 Å². The van der Waals surface area contributed by atoms with Gasteiger partial charge in [0, 0.05) is 11.6 Å². The van der Waals surface area contributed by atoms with Gasteiger partial charge in [0.15, 0.2) is 0 Å². The molecule has 2 aromatic rings. The van der Waals surface area contributed by atoms with Gasteiger partial charge in [-0.25, -0.2) is 0 Å². The Morgan fingerprint density at radius 2 is 1.83 bits per heavy atom. The van der Waals surface area contributed by atoms with Crippen LogP contribution >= 0.6 is 0 Å². The molecule has 2 unspecified atom stereocenters. The first-order valence-corrected chi connectivity index (χ1v) is 7.99. The topological polar surface area (TPSA) is 108 Å². The smallest absolute Gasteiger partial charge is 0.308 e. The molecule has 7 heteroatoms. The Hall–Kier alpha value is -2.44. The van der Waals surface area contributed by atoms with Crippen LogP contribution in [0.4, 0.5) is 0 Å². The van der Waals surface area contributed by atoms with Crippen LogP contribution in [0.3, 0.4) is 0 Å². The lowest BCUT2D eigenvalue weighted by Gasteiger charge is -2.27. The van der Waals surface area contributed by atoms with Gasteiger partial charge in [-0.1, -0.05) is 25.7 Å². The molecule has 7 nitrogen and oxygen atoms in total. The maximum absolute atomic E-state index is 12.5. The summed E-state index contributed by atoms with van der Waals surface area (Å²) in [7, 11) is 0. The summed E-state index contributed by atoms with van der Waals surface area (Å²) in [5, 5.41) is 22.8. The van der Waals surface area contributed by atoms with E-state index in [0.29, 0.717) is 29.4 Å². The summed E-state index contributed by atoms with van der Waals surface area (Å²) < 4.78 is 0. The van der Waals surface area contributed by atoms with Crippen LogP contribution in [0.5, 0.6) is 0 Å². The molecule has 1 fully saturated rings. The van der Waals surface area contributed by atoms with E-state index in [-0.39, 0.29) is 11.9 Å². The minimum atomic E-state index is -0.829. The van der Waals surface area contributed by atoms with Crippen molar-refractivity contribution in [3.8, 4) is 0 Å². The fraction of sp³-hybridized carbons (Fsp3) is 0.500. The molecule has 0 aliphatic heterocycles. The van der Waals surface area contributed by atoms with Crippen molar-refractivity contribution >= 4 is 22.9 Å². The fourth-order valence-electron chi connectivity index (χ4n) is 3.19. The third kappa shape index (κ3) is 3.49. The molecule has 1 saturated carbocycles. The minimum absolute atomic E-state index is 0.258. The average molecular weight is 316 g/mol. The molecule has 23 heavy (non-hydrogen) atoms. The maximum Gasteiger partial charge on any atom is 0.308 e. The lowest BCUT2D eigenvalue weighted by atomic mass is 9.86. The van der Waals surface area contributed by atoms with E-state index in [0.717, 1.165) is 25.7 Å². The van der Waals surface area contributed by atoms with Gasteiger partial charge in [-0.15, -0.1) is 0 Å². The lowest BCUT2D eigenvalue weighted by Crippen LogP contribution is -2.43. The van der Waals surface area contributed by atoms with Crippen molar-refractivity contribution in [2.24, 2.45) is 5.92 Å². The molecule has 1 heterocycles. The van der Waals surface area contributed by atoms with E-state index in [1.165, 1.54) is 0 Å². The SMILES string of the molecule is O=C(NC1CCCCCCC1C(=O)O)c1ccc2n[nH]nc2c1. The molecule has 1 amide bonds. The first kappa shape index (κ1) is 15.5. The number of hydrogen-bond donors (Lipinski definition) is 3. The minimum Gasteiger partial charge on any atom is -0.481 e. The number of aliphatic carboxylic acids is 1. The summed E-state index contributed by atoms with van der Waals surface area (Å²) in [5.74, 6) is -1.61. The molecule has 0 spiro atoms. The lowest BCUT2D eigenvalue weighted by molar-refractivity contribution is -0.143. The zero-order valence-electron chi connectivity index (χ0n) is 12.8. The molecule has 122 valence electrons. The van der Waals surface area contributed by atoms with Gasteiger partial charge in [0.25, 0.3) is 5.91 Å². The Morgan fingerprint density at radius 1 is 1.09 bits per heavy atom.